The van der Waals surface area contributed by atoms with Crippen LogP contribution in [-0.2, 0) is 9.53 Å². The number of hydrogen-bond acceptors (Lipinski definition) is 3. The number of methoxy groups -OCH3 is 1. The highest BCUT2D eigenvalue weighted by Crippen LogP contribution is 2.23. The summed E-state index contributed by atoms with van der Waals surface area (Å²) in [7, 11) is 3.27. The molecule has 0 saturated carbocycles. The first-order valence-corrected chi connectivity index (χ1v) is 8.09. The van der Waals surface area contributed by atoms with Crippen LogP contribution in [0.25, 0.3) is 0 Å². The van der Waals surface area contributed by atoms with Crippen LogP contribution in [0, 0.1) is 11.8 Å². The average Bonchev–Trinajstić information content (AvgIpc) is 2.89. The number of nitrogens with one attached hydrogen (secondary N) is 1. The molecular formula is C16H31N3O2. The molecule has 1 atom stereocenters. The Morgan fingerprint density at radius 1 is 1.43 bits per heavy atom. The van der Waals surface area contributed by atoms with Gasteiger partial charge in [-0.2, -0.15) is 0 Å². The predicted octanol–water partition coefficient (Wildman–Crippen LogP) is 2.27. The number of guanidine groups is 1. The predicted molar refractivity (Wildman–Crippen MR) is 86.4 cm³/mol. The average molecular weight is 297 g/mol. The van der Waals surface area contributed by atoms with Crippen molar-refractivity contribution in [3.8, 4) is 0 Å². The third-order valence-electron chi connectivity index (χ3n) is 3.92. The first kappa shape index (κ1) is 17.8. The molecule has 5 heteroatoms. The maximum Gasteiger partial charge on any atom is 0.305 e. The maximum atomic E-state index is 11.0. The van der Waals surface area contributed by atoms with E-state index in [4.69, 9.17) is 0 Å². The first-order valence-electron chi connectivity index (χ1n) is 8.09. The number of aliphatic imine (C=N–C) groups is 1. The van der Waals surface area contributed by atoms with E-state index in [2.05, 4.69) is 33.8 Å². The zero-order valence-corrected chi connectivity index (χ0v) is 14.0. The van der Waals surface area contributed by atoms with Crippen LogP contribution in [0.2, 0.25) is 0 Å². The van der Waals surface area contributed by atoms with E-state index in [1.165, 1.54) is 20.0 Å². The number of likely N-dealkylation sites (tertiary alicyclic amines) is 1. The molecule has 0 amide bonds. The molecule has 1 aliphatic heterocycles. The minimum atomic E-state index is -0.129. The molecule has 0 aliphatic carbocycles. The van der Waals surface area contributed by atoms with Crippen molar-refractivity contribution in [3.63, 3.8) is 0 Å². The number of carbonyl (C=O) groups is 1. The van der Waals surface area contributed by atoms with E-state index >= 15 is 0 Å². The standard InChI is InChI=1S/C16H31N3O2/c1-13(2)11-14-8-10-19(12-14)16(17-3)18-9-6-5-7-15(20)21-4/h13-14H,5-12H2,1-4H3,(H,17,18). The van der Waals surface area contributed by atoms with Gasteiger partial charge >= 0.3 is 5.97 Å². The number of nitrogens with zero attached hydrogens (tertiary/aromatic N) is 2. The summed E-state index contributed by atoms with van der Waals surface area (Å²) in [6.45, 7) is 7.64. The van der Waals surface area contributed by atoms with Crippen molar-refractivity contribution in [1.29, 1.82) is 0 Å². The molecule has 0 radical (unpaired) electrons. The van der Waals surface area contributed by atoms with Crippen LogP contribution in [0.5, 0.6) is 0 Å². The molecule has 1 unspecified atom stereocenters. The molecule has 1 rings (SSSR count). The van der Waals surface area contributed by atoms with Crippen molar-refractivity contribution in [2.24, 2.45) is 16.8 Å². The second-order valence-corrected chi connectivity index (χ2v) is 6.24. The van der Waals surface area contributed by atoms with Gasteiger partial charge in [0.15, 0.2) is 5.96 Å². The van der Waals surface area contributed by atoms with E-state index in [-0.39, 0.29) is 5.97 Å². The van der Waals surface area contributed by atoms with E-state index in [1.54, 1.807) is 0 Å². The zero-order valence-electron chi connectivity index (χ0n) is 14.0. The number of esters is 1. The van der Waals surface area contributed by atoms with E-state index < -0.39 is 0 Å². The molecule has 0 spiro atoms. The van der Waals surface area contributed by atoms with Gasteiger partial charge in [-0.25, -0.2) is 0 Å². The van der Waals surface area contributed by atoms with Crippen LogP contribution in [0.4, 0.5) is 0 Å². The molecule has 1 aliphatic rings. The van der Waals surface area contributed by atoms with Gasteiger partial charge in [0.2, 0.25) is 0 Å². The summed E-state index contributed by atoms with van der Waals surface area (Å²) >= 11 is 0. The topological polar surface area (TPSA) is 53.9 Å². The lowest BCUT2D eigenvalue weighted by Gasteiger charge is -2.22. The normalized spacial score (nSPS) is 19.2. The molecular weight excluding hydrogens is 266 g/mol. The third kappa shape index (κ3) is 6.82. The minimum Gasteiger partial charge on any atom is -0.469 e. The fourth-order valence-corrected chi connectivity index (χ4v) is 2.91. The molecule has 1 saturated heterocycles. The van der Waals surface area contributed by atoms with E-state index in [9.17, 15) is 4.79 Å². The van der Waals surface area contributed by atoms with Gasteiger partial charge in [0.25, 0.3) is 0 Å². The van der Waals surface area contributed by atoms with Crippen molar-refractivity contribution in [3.05, 3.63) is 0 Å². The Morgan fingerprint density at radius 2 is 2.19 bits per heavy atom. The molecule has 122 valence electrons. The lowest BCUT2D eigenvalue weighted by molar-refractivity contribution is -0.140. The number of rotatable bonds is 7. The van der Waals surface area contributed by atoms with Crippen LogP contribution in [0.3, 0.4) is 0 Å². The first-order chi connectivity index (χ1) is 10.1. The molecule has 0 aromatic rings. The number of hydrogen-bond donors (Lipinski definition) is 1. The van der Waals surface area contributed by atoms with E-state index in [0.29, 0.717) is 6.42 Å². The fraction of sp³-hybridized carbons (Fsp3) is 0.875. The van der Waals surface area contributed by atoms with Gasteiger partial charge in [0, 0.05) is 33.1 Å². The van der Waals surface area contributed by atoms with Crippen molar-refractivity contribution in [1.82, 2.24) is 10.2 Å². The van der Waals surface area contributed by atoms with Crippen LogP contribution in [0.15, 0.2) is 4.99 Å². The summed E-state index contributed by atoms with van der Waals surface area (Å²) in [5.41, 5.74) is 0. The second-order valence-electron chi connectivity index (χ2n) is 6.24. The van der Waals surface area contributed by atoms with Gasteiger partial charge < -0.3 is 15.0 Å². The highest BCUT2D eigenvalue weighted by Gasteiger charge is 2.25. The summed E-state index contributed by atoms with van der Waals surface area (Å²) < 4.78 is 4.63. The summed E-state index contributed by atoms with van der Waals surface area (Å²) in [6.07, 6.45) is 4.87. The highest BCUT2D eigenvalue weighted by molar-refractivity contribution is 5.80. The van der Waals surface area contributed by atoms with Crippen LogP contribution in [0.1, 0.15) is 46.0 Å². The Hall–Kier alpha value is -1.26. The molecule has 1 fully saturated rings. The van der Waals surface area contributed by atoms with Crippen LogP contribution >= 0.6 is 0 Å². The van der Waals surface area contributed by atoms with Gasteiger partial charge in [0.05, 0.1) is 7.11 Å². The van der Waals surface area contributed by atoms with Gasteiger partial charge in [-0.3, -0.25) is 9.79 Å². The molecule has 5 nitrogen and oxygen atoms in total. The van der Waals surface area contributed by atoms with Gasteiger partial charge in [0.1, 0.15) is 0 Å². The summed E-state index contributed by atoms with van der Waals surface area (Å²) in [4.78, 5) is 17.8. The fourth-order valence-electron chi connectivity index (χ4n) is 2.91. The lowest BCUT2D eigenvalue weighted by atomic mass is 9.97. The molecule has 1 heterocycles. The Morgan fingerprint density at radius 3 is 2.81 bits per heavy atom. The second kappa shape index (κ2) is 9.64. The molecule has 0 aromatic heterocycles. The molecule has 0 bridgehead atoms. The largest absolute Gasteiger partial charge is 0.469 e. The zero-order chi connectivity index (χ0) is 15.7. The van der Waals surface area contributed by atoms with Gasteiger partial charge in [-0.05, 0) is 37.5 Å². The van der Waals surface area contributed by atoms with Gasteiger partial charge in [-0.1, -0.05) is 13.8 Å². The SMILES string of the molecule is CN=C(NCCCCC(=O)OC)N1CCC(CC(C)C)C1. The number of unbranched alkanes of at least 4 members (excludes halogenated alkanes) is 1. The van der Waals surface area contributed by atoms with E-state index in [1.807, 2.05) is 7.05 Å². The Bertz CT molecular complexity index is 342. The third-order valence-corrected chi connectivity index (χ3v) is 3.92. The van der Waals surface area contributed by atoms with E-state index in [0.717, 1.165) is 50.3 Å². The quantitative estimate of drug-likeness (QED) is 0.339. The van der Waals surface area contributed by atoms with Crippen molar-refractivity contribution in [2.45, 2.75) is 46.0 Å². The minimum absolute atomic E-state index is 0.129. The Balaban J connectivity index is 2.22. The van der Waals surface area contributed by atoms with Crippen LogP contribution in [-0.4, -0.2) is 50.6 Å². The summed E-state index contributed by atoms with van der Waals surface area (Å²) in [6, 6.07) is 0. The van der Waals surface area contributed by atoms with Crippen molar-refractivity contribution >= 4 is 11.9 Å². The maximum absolute atomic E-state index is 11.0. The lowest BCUT2D eigenvalue weighted by Crippen LogP contribution is -2.40. The molecule has 21 heavy (non-hydrogen) atoms. The number of ether oxygens (including phenoxy) is 1. The smallest absolute Gasteiger partial charge is 0.305 e. The Kier molecular flexibility index (Phi) is 8.16. The van der Waals surface area contributed by atoms with Crippen molar-refractivity contribution < 1.29 is 9.53 Å². The molecule has 1 N–H and O–H groups in total. The van der Waals surface area contributed by atoms with Crippen LogP contribution < -0.4 is 5.32 Å². The highest BCUT2D eigenvalue weighted by atomic mass is 16.5. The van der Waals surface area contributed by atoms with Crippen molar-refractivity contribution in [2.75, 3.05) is 33.8 Å². The summed E-state index contributed by atoms with van der Waals surface area (Å²) in [5.74, 6) is 2.43. The molecule has 0 aromatic carbocycles. The summed E-state index contributed by atoms with van der Waals surface area (Å²) in [5, 5.41) is 3.40. The van der Waals surface area contributed by atoms with Gasteiger partial charge in [-0.15, -0.1) is 0 Å². The Labute approximate surface area is 129 Å². The monoisotopic (exact) mass is 297 g/mol. The number of carbonyl (C=O) groups excluding carboxylic acids is 1.